The van der Waals surface area contributed by atoms with Crippen molar-refractivity contribution < 1.29 is 34.4 Å². The zero-order chi connectivity index (χ0) is 24.5. The molecule has 7 nitrogen and oxygen atoms in total. The fourth-order valence-corrected chi connectivity index (χ4v) is 5.62. The minimum absolute atomic E-state index is 0.135. The van der Waals surface area contributed by atoms with E-state index in [1.165, 1.54) is 5.56 Å². The summed E-state index contributed by atoms with van der Waals surface area (Å²) in [4.78, 5) is 22.6. The molecule has 0 unspecified atom stereocenters. The summed E-state index contributed by atoms with van der Waals surface area (Å²) in [5.74, 6) is 0.580. The number of rotatable bonds is 14. The van der Waals surface area contributed by atoms with Crippen molar-refractivity contribution in [3.05, 3.63) is 29.3 Å². The van der Waals surface area contributed by atoms with E-state index in [1.54, 1.807) is 0 Å². The van der Waals surface area contributed by atoms with E-state index in [9.17, 15) is 19.8 Å². The third kappa shape index (κ3) is 7.44. The quantitative estimate of drug-likeness (QED) is 0.276. The van der Waals surface area contributed by atoms with Crippen LogP contribution in [-0.4, -0.2) is 52.7 Å². The van der Waals surface area contributed by atoms with Gasteiger partial charge < -0.3 is 24.8 Å². The molecule has 3 N–H and O–H groups in total. The number of ether oxygens (including phenoxy) is 2. The van der Waals surface area contributed by atoms with Crippen LogP contribution in [0, 0.1) is 17.8 Å². The van der Waals surface area contributed by atoms with Crippen molar-refractivity contribution in [1.82, 2.24) is 0 Å². The number of aliphatic hydroxyl groups excluding tert-OH is 2. The molecule has 1 aromatic rings. The molecule has 0 bridgehead atoms. The van der Waals surface area contributed by atoms with Gasteiger partial charge in [-0.1, -0.05) is 31.9 Å². The SMILES string of the molecule is CC[C@H](O)CC[C@@H]1[C@H]2Cc3cccc(OCC(=O)OCCCCCCC(=O)O)c3C[C@H]2C[C@H]1O. The second-order valence-electron chi connectivity index (χ2n) is 9.90. The molecular formula is C27H40O7. The van der Waals surface area contributed by atoms with E-state index >= 15 is 0 Å². The van der Waals surface area contributed by atoms with Crippen LogP contribution < -0.4 is 4.74 Å². The highest BCUT2D eigenvalue weighted by molar-refractivity contribution is 5.71. The molecule has 0 heterocycles. The first kappa shape index (κ1) is 26.5. The molecule has 5 atom stereocenters. The van der Waals surface area contributed by atoms with Crippen molar-refractivity contribution >= 4 is 11.9 Å². The van der Waals surface area contributed by atoms with Crippen LogP contribution in [0.1, 0.15) is 75.8 Å². The molecule has 2 aliphatic rings. The highest BCUT2D eigenvalue weighted by Gasteiger charge is 2.44. The summed E-state index contributed by atoms with van der Waals surface area (Å²) < 4.78 is 11.1. The number of aliphatic hydroxyl groups is 2. The molecule has 1 aromatic carbocycles. The Kier molecular flexibility index (Phi) is 10.2. The summed E-state index contributed by atoms with van der Waals surface area (Å²) in [6.07, 6.45) is 7.42. The Morgan fingerprint density at radius 3 is 2.71 bits per heavy atom. The summed E-state index contributed by atoms with van der Waals surface area (Å²) in [7, 11) is 0. The molecular weight excluding hydrogens is 436 g/mol. The van der Waals surface area contributed by atoms with Gasteiger partial charge in [0.25, 0.3) is 0 Å². The van der Waals surface area contributed by atoms with Crippen LogP contribution in [0.5, 0.6) is 5.75 Å². The number of carbonyl (C=O) groups is 2. The first-order valence-electron chi connectivity index (χ1n) is 12.9. The molecule has 1 saturated carbocycles. The van der Waals surface area contributed by atoms with Gasteiger partial charge in [0.1, 0.15) is 5.75 Å². The van der Waals surface area contributed by atoms with Gasteiger partial charge in [0.15, 0.2) is 6.61 Å². The molecule has 1 fully saturated rings. The number of fused-ring (bicyclic) bond motifs is 2. The van der Waals surface area contributed by atoms with Gasteiger partial charge in [0, 0.05) is 6.42 Å². The second kappa shape index (κ2) is 13.1. The lowest BCUT2D eigenvalue weighted by atomic mass is 9.73. The lowest BCUT2D eigenvalue weighted by Crippen LogP contribution is -2.28. The zero-order valence-corrected chi connectivity index (χ0v) is 20.3. The monoisotopic (exact) mass is 476 g/mol. The molecule has 0 spiro atoms. The van der Waals surface area contributed by atoms with Gasteiger partial charge in [-0.2, -0.15) is 0 Å². The number of carboxylic acids is 1. The lowest BCUT2D eigenvalue weighted by Gasteiger charge is -2.32. The molecule has 2 aliphatic carbocycles. The average Bonchev–Trinajstić information content (AvgIpc) is 3.12. The Morgan fingerprint density at radius 1 is 1.15 bits per heavy atom. The topological polar surface area (TPSA) is 113 Å². The molecule has 0 aromatic heterocycles. The van der Waals surface area contributed by atoms with Gasteiger partial charge in [0.2, 0.25) is 0 Å². The Hall–Kier alpha value is -2.12. The highest BCUT2D eigenvalue weighted by atomic mass is 16.6. The van der Waals surface area contributed by atoms with Gasteiger partial charge in [-0.15, -0.1) is 0 Å². The summed E-state index contributed by atoms with van der Waals surface area (Å²) in [6.45, 7) is 2.17. The lowest BCUT2D eigenvalue weighted by molar-refractivity contribution is -0.146. The summed E-state index contributed by atoms with van der Waals surface area (Å²) >= 11 is 0. The van der Waals surface area contributed by atoms with Crippen LogP contribution in [0.2, 0.25) is 0 Å². The number of hydrogen-bond acceptors (Lipinski definition) is 6. The minimum atomic E-state index is -0.780. The maximum atomic E-state index is 12.1. The fourth-order valence-electron chi connectivity index (χ4n) is 5.62. The van der Waals surface area contributed by atoms with E-state index in [0.29, 0.717) is 31.3 Å². The first-order chi connectivity index (χ1) is 16.4. The fraction of sp³-hybridized carbons (Fsp3) is 0.704. The number of esters is 1. The van der Waals surface area contributed by atoms with E-state index in [0.717, 1.165) is 62.7 Å². The van der Waals surface area contributed by atoms with Gasteiger partial charge in [0.05, 0.1) is 18.8 Å². The molecule has 0 saturated heterocycles. The van der Waals surface area contributed by atoms with Crippen LogP contribution in [0.3, 0.4) is 0 Å². The standard InChI is InChI=1S/C27H40O7/c1-2-20(28)11-12-21-22-14-18-8-7-9-25(23(18)15-19(22)16-24(21)29)34-17-27(32)33-13-6-4-3-5-10-26(30)31/h7-9,19-22,24,28-29H,2-6,10-17H2,1H3,(H,30,31)/t19-,20-,21+,22-,24+/m0/s1. The van der Waals surface area contributed by atoms with Gasteiger partial charge >= 0.3 is 11.9 Å². The van der Waals surface area contributed by atoms with E-state index < -0.39 is 11.9 Å². The van der Waals surface area contributed by atoms with E-state index in [4.69, 9.17) is 14.6 Å². The maximum Gasteiger partial charge on any atom is 0.344 e. The average molecular weight is 477 g/mol. The Balaban J connectivity index is 1.46. The number of unbranched alkanes of at least 4 members (excludes halogenated alkanes) is 3. The van der Waals surface area contributed by atoms with Crippen molar-refractivity contribution in [3.63, 3.8) is 0 Å². The molecule has 190 valence electrons. The van der Waals surface area contributed by atoms with Crippen molar-refractivity contribution in [3.8, 4) is 5.75 Å². The molecule has 3 rings (SSSR count). The number of carbonyl (C=O) groups excluding carboxylic acids is 1. The predicted molar refractivity (Wildman–Crippen MR) is 128 cm³/mol. The third-order valence-electron chi connectivity index (χ3n) is 7.54. The van der Waals surface area contributed by atoms with Crippen molar-refractivity contribution in [2.24, 2.45) is 17.8 Å². The molecule has 0 aliphatic heterocycles. The minimum Gasteiger partial charge on any atom is -0.482 e. The normalized spacial score (nSPS) is 24.2. The highest BCUT2D eigenvalue weighted by Crippen LogP contribution is 2.48. The van der Waals surface area contributed by atoms with Crippen molar-refractivity contribution in [2.45, 2.75) is 89.8 Å². The smallest absolute Gasteiger partial charge is 0.344 e. The summed E-state index contributed by atoms with van der Waals surface area (Å²) in [5, 5.41) is 29.3. The number of carboxylic acid groups (broad SMARTS) is 1. The molecule has 7 heteroatoms. The van der Waals surface area contributed by atoms with E-state index in [-0.39, 0.29) is 31.2 Å². The largest absolute Gasteiger partial charge is 0.482 e. The van der Waals surface area contributed by atoms with E-state index in [2.05, 4.69) is 6.07 Å². The zero-order valence-electron chi connectivity index (χ0n) is 20.3. The predicted octanol–water partition coefficient (Wildman–Crippen LogP) is 3.91. The van der Waals surface area contributed by atoms with Gasteiger partial charge in [-0.3, -0.25) is 4.79 Å². The number of aliphatic carboxylic acids is 1. The maximum absolute atomic E-state index is 12.1. The van der Waals surface area contributed by atoms with Crippen LogP contribution in [-0.2, 0) is 27.2 Å². The van der Waals surface area contributed by atoms with Crippen LogP contribution in [0.4, 0.5) is 0 Å². The number of benzene rings is 1. The molecule has 0 amide bonds. The number of hydrogen-bond donors (Lipinski definition) is 3. The Labute approximate surface area is 202 Å². The summed E-state index contributed by atoms with van der Waals surface area (Å²) in [6, 6.07) is 5.97. The Morgan fingerprint density at radius 2 is 1.94 bits per heavy atom. The second-order valence-corrected chi connectivity index (χ2v) is 9.90. The summed E-state index contributed by atoms with van der Waals surface area (Å²) in [5.41, 5.74) is 2.36. The van der Waals surface area contributed by atoms with Crippen molar-refractivity contribution in [2.75, 3.05) is 13.2 Å². The van der Waals surface area contributed by atoms with E-state index in [1.807, 2.05) is 19.1 Å². The van der Waals surface area contributed by atoms with Crippen molar-refractivity contribution in [1.29, 1.82) is 0 Å². The van der Waals surface area contributed by atoms with Gasteiger partial charge in [-0.05, 0) is 86.3 Å². The van der Waals surface area contributed by atoms with Gasteiger partial charge in [-0.25, -0.2) is 4.79 Å². The Bertz CT molecular complexity index is 808. The van der Waals surface area contributed by atoms with Crippen LogP contribution in [0.15, 0.2) is 18.2 Å². The van der Waals surface area contributed by atoms with Crippen LogP contribution in [0.25, 0.3) is 0 Å². The molecule has 0 radical (unpaired) electrons. The molecule has 34 heavy (non-hydrogen) atoms. The third-order valence-corrected chi connectivity index (χ3v) is 7.54. The van der Waals surface area contributed by atoms with Crippen LogP contribution >= 0.6 is 0 Å². The first-order valence-corrected chi connectivity index (χ1v) is 12.9.